The third-order valence-corrected chi connectivity index (χ3v) is 5.31. The van der Waals surface area contributed by atoms with Gasteiger partial charge in [-0.2, -0.15) is 5.01 Å². The number of hydrogen-bond donors (Lipinski definition) is 3. The van der Waals surface area contributed by atoms with E-state index in [4.69, 9.17) is 0 Å². The summed E-state index contributed by atoms with van der Waals surface area (Å²) in [7, 11) is 0. The molecule has 10 nitrogen and oxygen atoms in total. The Bertz CT molecular complexity index is 1340. The molecule has 4 rings (SSSR count). The maximum absolute atomic E-state index is 12.9. The molecule has 1 aliphatic heterocycles. The summed E-state index contributed by atoms with van der Waals surface area (Å²) in [5.41, 5.74) is 0.903. The minimum Gasteiger partial charge on any atom is -0.318 e. The van der Waals surface area contributed by atoms with Crippen LogP contribution in [0.1, 0.15) is 29.8 Å². The highest BCUT2D eigenvalue weighted by molar-refractivity contribution is 6.09. The fraction of sp³-hybridized carbons (Fsp3) is 0.190. The molecule has 10 heteroatoms. The molecule has 1 atom stereocenters. The summed E-state index contributed by atoms with van der Waals surface area (Å²) in [6.07, 6.45) is 0. The molecule has 3 aromatic rings. The highest BCUT2D eigenvalue weighted by atomic mass is 16.2. The molecule has 0 bridgehead atoms. The number of fused-ring (bicyclic) bond motifs is 1. The summed E-state index contributed by atoms with van der Waals surface area (Å²) < 4.78 is 1.29. The second-order valence-electron chi connectivity index (χ2n) is 7.24. The lowest BCUT2D eigenvalue weighted by Gasteiger charge is -2.22. The van der Waals surface area contributed by atoms with Crippen molar-refractivity contribution in [1.29, 1.82) is 0 Å². The van der Waals surface area contributed by atoms with E-state index in [1.165, 1.54) is 22.8 Å². The van der Waals surface area contributed by atoms with Crippen LogP contribution >= 0.6 is 0 Å². The van der Waals surface area contributed by atoms with Crippen molar-refractivity contribution in [3.63, 3.8) is 0 Å². The van der Waals surface area contributed by atoms with E-state index in [9.17, 15) is 24.0 Å². The van der Waals surface area contributed by atoms with E-state index in [1.54, 1.807) is 44.2 Å². The van der Waals surface area contributed by atoms with Crippen LogP contribution in [0.2, 0.25) is 0 Å². The van der Waals surface area contributed by atoms with Gasteiger partial charge in [0.2, 0.25) is 0 Å². The molecule has 1 fully saturated rings. The number of amides is 4. The fourth-order valence-electron chi connectivity index (χ4n) is 3.61. The van der Waals surface area contributed by atoms with E-state index in [2.05, 4.69) is 15.7 Å². The molecule has 3 N–H and O–H groups in total. The Labute approximate surface area is 175 Å². The van der Waals surface area contributed by atoms with E-state index < -0.39 is 34.5 Å². The Hall–Kier alpha value is -4.21. The number of carbonyl (C=O) groups excluding carboxylic acids is 3. The van der Waals surface area contributed by atoms with Crippen LogP contribution in [0.15, 0.2) is 58.1 Å². The van der Waals surface area contributed by atoms with Gasteiger partial charge in [0.25, 0.3) is 11.8 Å². The van der Waals surface area contributed by atoms with Crippen LogP contribution in [0, 0.1) is 0 Å². The summed E-state index contributed by atoms with van der Waals surface area (Å²) in [4.78, 5) is 64.4. The Morgan fingerprint density at radius 2 is 1.77 bits per heavy atom. The SMILES string of the molecule is CCn1c(=O)c(=O)[nH]c2cc(C(=O)NN3C(=O)N[C@@](C)(c4ccccc4)C3=O)ccc21. The zero-order valence-electron chi connectivity index (χ0n) is 16.8. The molecular formula is C21H19N5O5. The Morgan fingerprint density at radius 3 is 2.45 bits per heavy atom. The van der Waals surface area contributed by atoms with Crippen molar-refractivity contribution in [2.45, 2.75) is 25.9 Å². The summed E-state index contributed by atoms with van der Waals surface area (Å²) in [6, 6.07) is 12.3. The fourth-order valence-corrected chi connectivity index (χ4v) is 3.61. The van der Waals surface area contributed by atoms with Gasteiger partial charge in [0.15, 0.2) is 0 Å². The standard InChI is InChI=1S/C21H19N5O5/c1-3-25-15-10-9-12(11-14(15)22-17(28)18(25)29)16(27)24-26-19(30)21(2,23-20(26)31)13-7-5-4-6-8-13/h4-11H,3H2,1-2H3,(H,22,28)(H,23,31)(H,24,27)/t21-/m0/s1. The van der Waals surface area contributed by atoms with Crippen molar-refractivity contribution in [3.05, 3.63) is 80.4 Å². The predicted octanol–water partition coefficient (Wildman–Crippen LogP) is 0.822. The highest BCUT2D eigenvalue weighted by Crippen LogP contribution is 2.27. The number of imide groups is 1. The topological polar surface area (TPSA) is 133 Å². The molecule has 0 radical (unpaired) electrons. The van der Waals surface area contributed by atoms with Crippen molar-refractivity contribution in [2.24, 2.45) is 0 Å². The first-order valence-electron chi connectivity index (χ1n) is 9.56. The van der Waals surface area contributed by atoms with Crippen LogP contribution in [0.25, 0.3) is 11.0 Å². The maximum atomic E-state index is 12.9. The third-order valence-electron chi connectivity index (χ3n) is 5.31. The van der Waals surface area contributed by atoms with Crippen LogP contribution < -0.4 is 21.9 Å². The number of H-pyrrole nitrogens is 1. The van der Waals surface area contributed by atoms with Crippen LogP contribution in [-0.2, 0) is 16.9 Å². The Balaban J connectivity index is 1.64. The zero-order valence-corrected chi connectivity index (χ0v) is 16.8. The minimum absolute atomic E-state index is 0.0957. The number of nitrogens with one attached hydrogen (secondary N) is 3. The number of rotatable bonds is 4. The van der Waals surface area contributed by atoms with Crippen LogP contribution in [0.4, 0.5) is 4.79 Å². The number of hydrogen-bond acceptors (Lipinski definition) is 5. The molecule has 0 aliphatic carbocycles. The maximum Gasteiger partial charge on any atom is 0.344 e. The van der Waals surface area contributed by atoms with E-state index in [1.807, 2.05) is 0 Å². The van der Waals surface area contributed by atoms with Gasteiger partial charge >= 0.3 is 17.1 Å². The number of benzene rings is 2. The van der Waals surface area contributed by atoms with Crippen LogP contribution in [0.5, 0.6) is 0 Å². The second kappa shape index (κ2) is 7.24. The number of urea groups is 1. The lowest BCUT2D eigenvalue weighted by atomic mass is 9.92. The number of aromatic nitrogens is 2. The molecule has 1 saturated heterocycles. The number of carbonyl (C=O) groups is 3. The van der Waals surface area contributed by atoms with Gasteiger partial charge < -0.3 is 14.9 Å². The molecule has 1 aliphatic rings. The summed E-state index contributed by atoms with van der Waals surface area (Å²) in [5, 5.41) is 3.23. The Kier molecular flexibility index (Phi) is 4.69. The van der Waals surface area contributed by atoms with Crippen molar-refractivity contribution < 1.29 is 14.4 Å². The first-order chi connectivity index (χ1) is 14.8. The average Bonchev–Trinajstić information content (AvgIpc) is 2.99. The molecule has 158 valence electrons. The van der Waals surface area contributed by atoms with Crippen LogP contribution in [0.3, 0.4) is 0 Å². The second-order valence-corrected chi connectivity index (χ2v) is 7.24. The summed E-state index contributed by atoms with van der Waals surface area (Å²) in [5.74, 6) is -1.36. The van der Waals surface area contributed by atoms with Gasteiger partial charge in [0.05, 0.1) is 11.0 Å². The quantitative estimate of drug-likeness (QED) is 0.424. The van der Waals surface area contributed by atoms with E-state index in [0.717, 1.165) is 0 Å². The first kappa shape index (κ1) is 20.1. The molecular weight excluding hydrogens is 402 g/mol. The number of aryl methyl sites for hydroxylation is 1. The molecule has 0 unspecified atom stereocenters. The van der Waals surface area contributed by atoms with Gasteiger partial charge in [0, 0.05) is 12.1 Å². The molecule has 4 amide bonds. The van der Waals surface area contributed by atoms with Gasteiger partial charge in [-0.3, -0.25) is 24.6 Å². The van der Waals surface area contributed by atoms with Crippen molar-refractivity contribution in [2.75, 3.05) is 0 Å². The van der Waals surface area contributed by atoms with Crippen molar-refractivity contribution in [3.8, 4) is 0 Å². The lowest BCUT2D eigenvalue weighted by Crippen LogP contribution is -2.47. The van der Waals surface area contributed by atoms with Crippen LogP contribution in [-0.4, -0.2) is 32.4 Å². The van der Waals surface area contributed by atoms with E-state index in [0.29, 0.717) is 16.1 Å². The summed E-state index contributed by atoms with van der Waals surface area (Å²) >= 11 is 0. The molecule has 31 heavy (non-hydrogen) atoms. The van der Waals surface area contributed by atoms with Crippen molar-refractivity contribution in [1.82, 2.24) is 25.3 Å². The number of aromatic amines is 1. The van der Waals surface area contributed by atoms with Gasteiger partial charge in [-0.15, -0.1) is 0 Å². The number of nitrogens with zero attached hydrogens (tertiary/aromatic N) is 2. The third kappa shape index (κ3) is 3.18. The smallest absolute Gasteiger partial charge is 0.318 e. The van der Waals surface area contributed by atoms with Crippen molar-refractivity contribution >= 4 is 28.9 Å². The molecule has 2 heterocycles. The minimum atomic E-state index is -1.32. The van der Waals surface area contributed by atoms with E-state index >= 15 is 0 Å². The van der Waals surface area contributed by atoms with Gasteiger partial charge in [-0.05, 0) is 37.6 Å². The molecule has 1 aromatic heterocycles. The molecule has 0 spiro atoms. The average molecular weight is 421 g/mol. The van der Waals surface area contributed by atoms with Gasteiger partial charge in [-0.1, -0.05) is 30.3 Å². The van der Waals surface area contributed by atoms with Gasteiger partial charge in [0.1, 0.15) is 5.54 Å². The molecule has 0 saturated carbocycles. The predicted molar refractivity (Wildman–Crippen MR) is 111 cm³/mol. The Morgan fingerprint density at radius 1 is 1.06 bits per heavy atom. The molecule has 2 aromatic carbocycles. The summed E-state index contributed by atoms with van der Waals surface area (Å²) in [6.45, 7) is 3.56. The lowest BCUT2D eigenvalue weighted by molar-refractivity contribution is -0.132. The van der Waals surface area contributed by atoms with E-state index in [-0.39, 0.29) is 17.6 Å². The first-order valence-corrected chi connectivity index (χ1v) is 9.56. The monoisotopic (exact) mass is 421 g/mol. The highest BCUT2D eigenvalue weighted by Gasteiger charge is 2.50. The number of hydrazine groups is 1. The largest absolute Gasteiger partial charge is 0.344 e. The normalized spacial score (nSPS) is 18.3. The van der Waals surface area contributed by atoms with Gasteiger partial charge in [-0.25, -0.2) is 4.79 Å². The zero-order chi connectivity index (χ0) is 22.3.